The molecule has 1 aromatic rings. The van der Waals surface area contributed by atoms with Crippen LogP contribution in [0.5, 0.6) is 0 Å². The molecule has 1 aliphatic rings. The summed E-state index contributed by atoms with van der Waals surface area (Å²) in [7, 11) is 1.74. The number of methoxy groups -OCH3 is 1. The predicted octanol–water partition coefficient (Wildman–Crippen LogP) is 1.42. The zero-order valence-corrected chi connectivity index (χ0v) is 10.1. The standard InChI is InChI=1S/C11H16ClN3O/c1-16-9-2-3-15(7-9)11-10(12)4-8(5-13)6-14-11/h4,6,9H,2-3,5,7,13H2,1H3. The molecule has 0 aromatic carbocycles. The monoisotopic (exact) mass is 241 g/mol. The van der Waals surface area contributed by atoms with E-state index in [-0.39, 0.29) is 6.10 Å². The van der Waals surface area contributed by atoms with E-state index in [4.69, 9.17) is 22.1 Å². The maximum atomic E-state index is 6.18. The van der Waals surface area contributed by atoms with Gasteiger partial charge in [0.25, 0.3) is 0 Å². The highest BCUT2D eigenvalue weighted by atomic mass is 35.5. The van der Waals surface area contributed by atoms with Crippen molar-refractivity contribution in [1.82, 2.24) is 4.98 Å². The van der Waals surface area contributed by atoms with Crippen molar-refractivity contribution < 1.29 is 4.74 Å². The van der Waals surface area contributed by atoms with Crippen LogP contribution >= 0.6 is 11.6 Å². The first-order chi connectivity index (χ1) is 7.74. The minimum Gasteiger partial charge on any atom is -0.380 e. The molecule has 0 aliphatic carbocycles. The van der Waals surface area contributed by atoms with Crippen molar-refractivity contribution in [3.63, 3.8) is 0 Å². The fourth-order valence-electron chi connectivity index (χ4n) is 1.93. The zero-order chi connectivity index (χ0) is 11.5. The molecule has 1 unspecified atom stereocenters. The van der Waals surface area contributed by atoms with Crippen LogP contribution in [0.2, 0.25) is 5.02 Å². The molecule has 0 saturated carbocycles. The maximum absolute atomic E-state index is 6.18. The summed E-state index contributed by atoms with van der Waals surface area (Å²) in [5.74, 6) is 0.832. The van der Waals surface area contributed by atoms with E-state index < -0.39 is 0 Å². The van der Waals surface area contributed by atoms with E-state index in [9.17, 15) is 0 Å². The summed E-state index contributed by atoms with van der Waals surface area (Å²) in [5.41, 5.74) is 6.49. The number of halogens is 1. The Hall–Kier alpha value is -0.840. The van der Waals surface area contributed by atoms with Gasteiger partial charge in [-0.25, -0.2) is 4.98 Å². The van der Waals surface area contributed by atoms with Crippen LogP contribution in [0.15, 0.2) is 12.3 Å². The molecule has 0 amide bonds. The lowest BCUT2D eigenvalue weighted by Crippen LogP contribution is -2.23. The topological polar surface area (TPSA) is 51.4 Å². The lowest BCUT2D eigenvalue weighted by atomic mass is 10.3. The Morgan fingerprint density at radius 1 is 1.69 bits per heavy atom. The summed E-state index contributed by atoms with van der Waals surface area (Å²) in [5, 5.41) is 0.666. The van der Waals surface area contributed by atoms with Gasteiger partial charge < -0.3 is 15.4 Å². The van der Waals surface area contributed by atoms with E-state index in [1.807, 2.05) is 6.07 Å². The number of ether oxygens (including phenoxy) is 1. The van der Waals surface area contributed by atoms with Gasteiger partial charge in [0, 0.05) is 32.9 Å². The molecule has 5 heteroatoms. The van der Waals surface area contributed by atoms with Crippen LogP contribution in [0, 0.1) is 0 Å². The van der Waals surface area contributed by atoms with Crippen molar-refractivity contribution in [2.45, 2.75) is 19.1 Å². The summed E-state index contributed by atoms with van der Waals surface area (Å²) in [6, 6.07) is 1.88. The Kier molecular flexibility index (Phi) is 3.63. The molecular formula is C11H16ClN3O. The van der Waals surface area contributed by atoms with Gasteiger partial charge in [0.05, 0.1) is 11.1 Å². The second-order valence-electron chi connectivity index (χ2n) is 3.95. The van der Waals surface area contributed by atoms with Gasteiger partial charge in [-0.3, -0.25) is 0 Å². The first-order valence-corrected chi connectivity index (χ1v) is 5.74. The van der Waals surface area contributed by atoms with Gasteiger partial charge in [-0.2, -0.15) is 0 Å². The van der Waals surface area contributed by atoms with Gasteiger partial charge in [0.1, 0.15) is 5.82 Å². The molecule has 1 fully saturated rings. The van der Waals surface area contributed by atoms with Crippen LogP contribution in [0.4, 0.5) is 5.82 Å². The molecule has 2 heterocycles. The predicted molar refractivity (Wildman–Crippen MR) is 64.8 cm³/mol. The van der Waals surface area contributed by atoms with E-state index in [0.717, 1.165) is 30.9 Å². The van der Waals surface area contributed by atoms with Crippen molar-refractivity contribution in [2.75, 3.05) is 25.1 Å². The molecule has 16 heavy (non-hydrogen) atoms. The van der Waals surface area contributed by atoms with Crippen molar-refractivity contribution >= 4 is 17.4 Å². The van der Waals surface area contributed by atoms with E-state index in [1.165, 1.54) is 0 Å². The fourth-order valence-corrected chi connectivity index (χ4v) is 2.24. The molecule has 1 aliphatic heterocycles. The normalized spacial score (nSPS) is 20.4. The molecule has 4 nitrogen and oxygen atoms in total. The number of hydrogen-bond donors (Lipinski definition) is 1. The third-order valence-corrected chi connectivity index (χ3v) is 3.17. The highest BCUT2D eigenvalue weighted by Crippen LogP contribution is 2.27. The van der Waals surface area contributed by atoms with Gasteiger partial charge in [-0.1, -0.05) is 11.6 Å². The molecule has 2 rings (SSSR count). The summed E-state index contributed by atoms with van der Waals surface area (Å²) in [6.45, 7) is 2.26. The summed E-state index contributed by atoms with van der Waals surface area (Å²) in [4.78, 5) is 6.51. The minimum atomic E-state index is 0.284. The first kappa shape index (κ1) is 11.6. The average molecular weight is 242 g/mol. The summed E-state index contributed by atoms with van der Waals surface area (Å²) < 4.78 is 5.32. The van der Waals surface area contributed by atoms with Crippen LogP contribution < -0.4 is 10.6 Å². The highest BCUT2D eigenvalue weighted by molar-refractivity contribution is 6.33. The average Bonchev–Trinajstić information content (AvgIpc) is 2.77. The van der Waals surface area contributed by atoms with E-state index >= 15 is 0 Å². The molecule has 1 aromatic heterocycles. The van der Waals surface area contributed by atoms with Gasteiger partial charge in [0.2, 0.25) is 0 Å². The van der Waals surface area contributed by atoms with Crippen LogP contribution in [0.1, 0.15) is 12.0 Å². The lowest BCUT2D eigenvalue weighted by molar-refractivity contribution is 0.121. The number of nitrogens with zero attached hydrogens (tertiary/aromatic N) is 2. The van der Waals surface area contributed by atoms with E-state index in [1.54, 1.807) is 13.3 Å². The molecule has 0 radical (unpaired) electrons. The number of nitrogens with two attached hydrogens (primary N) is 1. The van der Waals surface area contributed by atoms with Gasteiger partial charge in [-0.05, 0) is 18.1 Å². The summed E-state index contributed by atoms with van der Waals surface area (Å²) >= 11 is 6.18. The first-order valence-electron chi connectivity index (χ1n) is 5.37. The Bertz CT molecular complexity index is 372. The smallest absolute Gasteiger partial charge is 0.147 e. The number of pyridine rings is 1. The van der Waals surface area contributed by atoms with Gasteiger partial charge in [0.15, 0.2) is 0 Å². The number of hydrogen-bond acceptors (Lipinski definition) is 4. The quantitative estimate of drug-likeness (QED) is 0.870. The van der Waals surface area contributed by atoms with Crippen molar-refractivity contribution in [3.8, 4) is 0 Å². The Morgan fingerprint density at radius 2 is 2.50 bits per heavy atom. The third-order valence-electron chi connectivity index (χ3n) is 2.89. The van der Waals surface area contributed by atoms with Crippen molar-refractivity contribution in [1.29, 1.82) is 0 Å². The Morgan fingerprint density at radius 3 is 3.06 bits per heavy atom. The molecule has 1 atom stereocenters. The van der Waals surface area contributed by atoms with Crippen molar-refractivity contribution in [2.24, 2.45) is 5.73 Å². The molecule has 0 bridgehead atoms. The van der Waals surface area contributed by atoms with Crippen LogP contribution in [0.25, 0.3) is 0 Å². The number of rotatable bonds is 3. The van der Waals surface area contributed by atoms with Gasteiger partial charge in [-0.15, -0.1) is 0 Å². The minimum absolute atomic E-state index is 0.284. The molecular weight excluding hydrogens is 226 g/mol. The number of aromatic nitrogens is 1. The third kappa shape index (κ3) is 2.29. The van der Waals surface area contributed by atoms with Gasteiger partial charge >= 0.3 is 0 Å². The van der Waals surface area contributed by atoms with Crippen LogP contribution in [-0.4, -0.2) is 31.3 Å². The Labute approximate surface area is 100 Å². The SMILES string of the molecule is COC1CCN(c2ncc(CN)cc2Cl)C1. The molecule has 2 N–H and O–H groups in total. The highest BCUT2D eigenvalue weighted by Gasteiger charge is 2.24. The zero-order valence-electron chi connectivity index (χ0n) is 9.32. The van der Waals surface area contributed by atoms with E-state index in [2.05, 4.69) is 9.88 Å². The molecule has 0 spiro atoms. The lowest BCUT2D eigenvalue weighted by Gasteiger charge is -2.18. The second-order valence-corrected chi connectivity index (χ2v) is 4.35. The molecule has 88 valence electrons. The second kappa shape index (κ2) is 4.99. The summed E-state index contributed by atoms with van der Waals surface area (Å²) in [6.07, 6.45) is 3.08. The van der Waals surface area contributed by atoms with Crippen molar-refractivity contribution in [3.05, 3.63) is 22.8 Å². The van der Waals surface area contributed by atoms with Crippen LogP contribution in [0.3, 0.4) is 0 Å². The maximum Gasteiger partial charge on any atom is 0.147 e. The Balaban J connectivity index is 2.15. The molecule has 1 saturated heterocycles. The van der Waals surface area contributed by atoms with Crippen LogP contribution in [-0.2, 0) is 11.3 Å². The fraction of sp³-hybridized carbons (Fsp3) is 0.545. The van der Waals surface area contributed by atoms with E-state index in [0.29, 0.717) is 11.6 Å². The number of anilines is 1. The largest absolute Gasteiger partial charge is 0.380 e.